The van der Waals surface area contributed by atoms with Crippen LogP contribution in [0.3, 0.4) is 0 Å². The summed E-state index contributed by atoms with van der Waals surface area (Å²) < 4.78 is 0. The molecule has 0 rings (SSSR count). The molecular weight excluding hydrogens is 128 g/mol. The van der Waals surface area contributed by atoms with Crippen molar-refractivity contribution < 1.29 is 10.2 Å². The third kappa shape index (κ3) is 9.34. The number of halogens is 1. The van der Waals surface area contributed by atoms with Crippen LogP contribution in [0.1, 0.15) is 13.8 Å². The van der Waals surface area contributed by atoms with Gasteiger partial charge in [0, 0.05) is 0 Å². The van der Waals surface area contributed by atoms with E-state index in [1.54, 1.807) is 13.8 Å². The average Bonchev–Trinajstić information content (AvgIpc) is 1.27. The van der Waals surface area contributed by atoms with Crippen molar-refractivity contribution in [3.05, 3.63) is 11.6 Å². The maximum absolute atomic E-state index is 8.20. The fraction of sp³-hybridized carbons (Fsp3) is 0.600. The molecule has 3 heteroatoms. The molecule has 0 amide bonds. The highest BCUT2D eigenvalue weighted by molar-refractivity contribution is 5.85. The van der Waals surface area contributed by atoms with E-state index in [-0.39, 0.29) is 12.4 Å². The Morgan fingerprint density at radius 2 is 1.75 bits per heavy atom. The number of rotatable bonds is 1. The normalized spacial score (nSPS) is 8.12. The Morgan fingerprint density at radius 1 is 1.38 bits per heavy atom. The van der Waals surface area contributed by atoms with Crippen LogP contribution in [-0.4, -0.2) is 16.5 Å². The van der Waals surface area contributed by atoms with Crippen molar-refractivity contribution in [3.8, 4) is 0 Å². The van der Waals surface area contributed by atoms with Gasteiger partial charge in [0.25, 0.3) is 0 Å². The SMILES string of the molecule is CC(C)=CC(O)O.Cl. The van der Waals surface area contributed by atoms with Crippen LogP contribution < -0.4 is 0 Å². The molecule has 0 atom stereocenters. The monoisotopic (exact) mass is 138 g/mol. The Labute approximate surface area is 55.3 Å². The number of allylic oxidation sites excluding steroid dienone is 1. The first-order valence-corrected chi connectivity index (χ1v) is 2.14. The molecule has 0 heterocycles. The topological polar surface area (TPSA) is 40.5 Å². The molecule has 0 bridgehead atoms. The first kappa shape index (κ1) is 10.8. The van der Waals surface area contributed by atoms with E-state index in [1.807, 2.05) is 0 Å². The minimum Gasteiger partial charge on any atom is -0.365 e. The lowest BCUT2D eigenvalue weighted by atomic mass is 10.3. The molecule has 0 spiro atoms. The zero-order chi connectivity index (χ0) is 5.86. The Balaban J connectivity index is 0. The molecule has 0 aromatic carbocycles. The number of aliphatic hydroxyl groups excluding tert-OH is 1. The minimum absolute atomic E-state index is 0. The Hall–Kier alpha value is -0.0500. The van der Waals surface area contributed by atoms with Gasteiger partial charge in [-0.3, -0.25) is 0 Å². The van der Waals surface area contributed by atoms with Gasteiger partial charge in [-0.2, -0.15) is 0 Å². The largest absolute Gasteiger partial charge is 0.365 e. The first-order valence-electron chi connectivity index (χ1n) is 2.14. The lowest BCUT2D eigenvalue weighted by molar-refractivity contribution is 0.00178. The van der Waals surface area contributed by atoms with Crippen LogP contribution >= 0.6 is 12.4 Å². The molecule has 0 unspecified atom stereocenters. The summed E-state index contributed by atoms with van der Waals surface area (Å²) in [5.41, 5.74) is 0.912. The minimum atomic E-state index is -1.29. The van der Waals surface area contributed by atoms with Gasteiger partial charge in [-0.1, -0.05) is 5.57 Å². The smallest absolute Gasteiger partial charge is 0.171 e. The van der Waals surface area contributed by atoms with Crippen LogP contribution in [0.2, 0.25) is 0 Å². The lowest BCUT2D eigenvalue weighted by Crippen LogP contribution is -1.97. The summed E-state index contributed by atoms with van der Waals surface area (Å²) in [6, 6.07) is 0. The second-order valence-corrected chi connectivity index (χ2v) is 1.66. The van der Waals surface area contributed by atoms with Crippen LogP contribution in [0.4, 0.5) is 0 Å². The molecule has 50 valence electrons. The Morgan fingerprint density at radius 3 is 1.75 bits per heavy atom. The van der Waals surface area contributed by atoms with Gasteiger partial charge in [-0.15, -0.1) is 12.4 Å². The van der Waals surface area contributed by atoms with E-state index in [4.69, 9.17) is 10.2 Å². The van der Waals surface area contributed by atoms with Crippen LogP contribution in [0.5, 0.6) is 0 Å². The summed E-state index contributed by atoms with van der Waals surface area (Å²) in [5, 5.41) is 16.4. The van der Waals surface area contributed by atoms with Crippen molar-refractivity contribution in [1.82, 2.24) is 0 Å². The fourth-order valence-corrected chi connectivity index (χ4v) is 0.298. The van der Waals surface area contributed by atoms with Crippen molar-refractivity contribution in [2.45, 2.75) is 20.1 Å². The van der Waals surface area contributed by atoms with Crippen molar-refractivity contribution >= 4 is 12.4 Å². The van der Waals surface area contributed by atoms with E-state index in [9.17, 15) is 0 Å². The van der Waals surface area contributed by atoms with Crippen molar-refractivity contribution in [2.24, 2.45) is 0 Å². The van der Waals surface area contributed by atoms with Gasteiger partial charge in [0.15, 0.2) is 6.29 Å². The molecule has 8 heavy (non-hydrogen) atoms. The molecule has 2 nitrogen and oxygen atoms in total. The van der Waals surface area contributed by atoms with Gasteiger partial charge in [0.1, 0.15) is 0 Å². The van der Waals surface area contributed by atoms with Crippen molar-refractivity contribution in [1.29, 1.82) is 0 Å². The molecular formula is C5H11ClO2. The van der Waals surface area contributed by atoms with Crippen molar-refractivity contribution in [2.75, 3.05) is 0 Å². The second-order valence-electron chi connectivity index (χ2n) is 1.66. The molecule has 0 aliphatic carbocycles. The maximum Gasteiger partial charge on any atom is 0.171 e. The van der Waals surface area contributed by atoms with Crippen molar-refractivity contribution in [3.63, 3.8) is 0 Å². The van der Waals surface area contributed by atoms with Gasteiger partial charge in [-0.05, 0) is 19.9 Å². The van der Waals surface area contributed by atoms with Gasteiger partial charge in [-0.25, -0.2) is 0 Å². The molecule has 0 fully saturated rings. The van der Waals surface area contributed by atoms with Gasteiger partial charge < -0.3 is 10.2 Å². The quantitative estimate of drug-likeness (QED) is 0.414. The molecule has 2 N–H and O–H groups in total. The van der Waals surface area contributed by atoms with E-state index in [1.165, 1.54) is 6.08 Å². The Kier molecular flexibility index (Phi) is 6.91. The third-order valence-corrected chi connectivity index (χ3v) is 0.482. The van der Waals surface area contributed by atoms with E-state index in [0.29, 0.717) is 0 Å². The lowest BCUT2D eigenvalue weighted by Gasteiger charge is -1.92. The fourth-order valence-electron chi connectivity index (χ4n) is 0.298. The predicted octanol–water partition coefficient (Wildman–Crippen LogP) is 0.685. The highest BCUT2D eigenvalue weighted by Gasteiger charge is 1.85. The third-order valence-electron chi connectivity index (χ3n) is 0.482. The number of hydrogen-bond acceptors (Lipinski definition) is 2. The zero-order valence-electron chi connectivity index (χ0n) is 4.96. The summed E-state index contributed by atoms with van der Waals surface area (Å²) in [6.07, 6.45) is 0.0741. The van der Waals surface area contributed by atoms with E-state index >= 15 is 0 Å². The number of aliphatic hydroxyl groups is 2. The molecule has 0 radical (unpaired) electrons. The molecule has 0 saturated heterocycles. The predicted molar refractivity (Wildman–Crippen MR) is 34.9 cm³/mol. The molecule has 0 aliphatic rings. The van der Waals surface area contributed by atoms with Crippen LogP contribution in [0, 0.1) is 0 Å². The van der Waals surface area contributed by atoms with Crippen LogP contribution in [0.25, 0.3) is 0 Å². The van der Waals surface area contributed by atoms with Crippen LogP contribution in [0.15, 0.2) is 11.6 Å². The second kappa shape index (κ2) is 5.09. The molecule has 0 aliphatic heterocycles. The molecule has 0 saturated carbocycles. The van der Waals surface area contributed by atoms with Crippen LogP contribution in [-0.2, 0) is 0 Å². The van der Waals surface area contributed by atoms with Gasteiger partial charge in [0.05, 0.1) is 0 Å². The van der Waals surface area contributed by atoms with Gasteiger partial charge >= 0.3 is 0 Å². The van der Waals surface area contributed by atoms with E-state index in [2.05, 4.69) is 0 Å². The summed E-state index contributed by atoms with van der Waals surface area (Å²) in [6.45, 7) is 3.61. The maximum atomic E-state index is 8.20. The van der Waals surface area contributed by atoms with Gasteiger partial charge in [0.2, 0.25) is 0 Å². The summed E-state index contributed by atoms with van der Waals surface area (Å²) in [5.74, 6) is 0. The highest BCUT2D eigenvalue weighted by atomic mass is 35.5. The van der Waals surface area contributed by atoms with E-state index in [0.717, 1.165) is 5.57 Å². The summed E-state index contributed by atoms with van der Waals surface area (Å²) in [7, 11) is 0. The summed E-state index contributed by atoms with van der Waals surface area (Å²) >= 11 is 0. The number of hydrogen-bond donors (Lipinski definition) is 2. The molecule has 0 aromatic rings. The Bertz CT molecular complexity index is 74.5. The zero-order valence-corrected chi connectivity index (χ0v) is 5.77. The van der Waals surface area contributed by atoms with E-state index < -0.39 is 6.29 Å². The highest BCUT2D eigenvalue weighted by Crippen LogP contribution is 1.88. The first-order chi connectivity index (χ1) is 3.13. The standard InChI is InChI=1S/C5H10O2.ClH/c1-4(2)3-5(6)7;/h3,5-7H,1-2H3;1H. The average molecular weight is 139 g/mol. The summed E-state index contributed by atoms with van der Waals surface area (Å²) in [4.78, 5) is 0. The molecule has 0 aromatic heterocycles.